The van der Waals surface area contributed by atoms with Gasteiger partial charge in [0.15, 0.2) is 0 Å². The zero-order valence-corrected chi connectivity index (χ0v) is 17.7. The third kappa shape index (κ3) is 4.35. The Bertz CT molecular complexity index is 1120. The van der Waals surface area contributed by atoms with Gasteiger partial charge < -0.3 is 9.47 Å². The highest BCUT2D eigenvalue weighted by Gasteiger charge is 2.56. The normalized spacial score (nSPS) is 24.4. The smallest absolute Gasteiger partial charge is 0.433 e. The van der Waals surface area contributed by atoms with E-state index in [1.54, 1.807) is 12.1 Å². The van der Waals surface area contributed by atoms with Crippen LogP contribution in [0, 0.1) is 23.6 Å². The SMILES string of the molecule is Fc1ccc2nc(C(F)(F)F)cc(OC3CC4C(CCOc5ccc(Cl)cc5)C4C3)c2c1. The Morgan fingerprint density at radius 3 is 2.41 bits per heavy atom. The molecule has 1 heterocycles. The lowest BCUT2D eigenvalue weighted by molar-refractivity contribution is -0.141. The Balaban J connectivity index is 1.21. The van der Waals surface area contributed by atoms with Crippen LogP contribution >= 0.6 is 11.6 Å². The first-order valence-corrected chi connectivity index (χ1v) is 10.9. The van der Waals surface area contributed by atoms with Crippen molar-refractivity contribution in [2.75, 3.05) is 6.61 Å². The molecule has 0 amide bonds. The molecule has 32 heavy (non-hydrogen) atoms. The summed E-state index contributed by atoms with van der Waals surface area (Å²) in [5.41, 5.74) is -0.969. The summed E-state index contributed by atoms with van der Waals surface area (Å²) in [6.07, 6.45) is -2.32. The molecule has 3 nitrogen and oxygen atoms in total. The summed E-state index contributed by atoms with van der Waals surface area (Å²) in [4.78, 5) is 3.63. The Morgan fingerprint density at radius 2 is 1.72 bits per heavy atom. The van der Waals surface area contributed by atoms with Crippen LogP contribution in [-0.4, -0.2) is 17.7 Å². The van der Waals surface area contributed by atoms with Gasteiger partial charge in [0, 0.05) is 16.5 Å². The number of benzene rings is 2. The fraction of sp³-hybridized carbons (Fsp3) is 0.375. The molecule has 168 valence electrons. The van der Waals surface area contributed by atoms with Crippen molar-refractivity contribution >= 4 is 22.5 Å². The van der Waals surface area contributed by atoms with Gasteiger partial charge in [-0.3, -0.25) is 0 Å². The second-order valence-corrected chi connectivity index (χ2v) is 8.90. The van der Waals surface area contributed by atoms with Crippen LogP contribution < -0.4 is 9.47 Å². The van der Waals surface area contributed by atoms with Crippen molar-refractivity contribution in [2.45, 2.75) is 31.5 Å². The van der Waals surface area contributed by atoms with Crippen molar-refractivity contribution in [1.29, 1.82) is 0 Å². The molecule has 2 atom stereocenters. The number of hydrogen-bond acceptors (Lipinski definition) is 3. The maximum atomic E-state index is 13.7. The molecule has 2 aromatic carbocycles. The van der Waals surface area contributed by atoms with Gasteiger partial charge in [-0.15, -0.1) is 0 Å². The lowest BCUT2D eigenvalue weighted by Gasteiger charge is -2.19. The van der Waals surface area contributed by atoms with Crippen LogP contribution in [-0.2, 0) is 6.18 Å². The Kier molecular flexibility index (Phi) is 5.40. The first-order valence-electron chi connectivity index (χ1n) is 10.5. The number of hydrogen-bond donors (Lipinski definition) is 0. The summed E-state index contributed by atoms with van der Waals surface area (Å²) >= 11 is 5.87. The second kappa shape index (κ2) is 8.10. The fourth-order valence-corrected chi connectivity index (χ4v) is 5.01. The van der Waals surface area contributed by atoms with Crippen molar-refractivity contribution in [3.8, 4) is 11.5 Å². The average Bonchev–Trinajstić information content (AvgIpc) is 3.19. The van der Waals surface area contributed by atoms with Gasteiger partial charge in [-0.25, -0.2) is 9.37 Å². The predicted molar refractivity (Wildman–Crippen MR) is 112 cm³/mol. The topological polar surface area (TPSA) is 31.4 Å². The van der Waals surface area contributed by atoms with E-state index in [2.05, 4.69) is 4.98 Å². The fourth-order valence-electron chi connectivity index (χ4n) is 4.88. The maximum Gasteiger partial charge on any atom is 0.433 e. The molecular formula is C24H20ClF4NO2. The molecule has 2 unspecified atom stereocenters. The van der Waals surface area contributed by atoms with Gasteiger partial charge in [0.05, 0.1) is 18.2 Å². The molecule has 0 N–H and O–H groups in total. The zero-order chi connectivity index (χ0) is 22.5. The van der Waals surface area contributed by atoms with Gasteiger partial charge in [0.1, 0.15) is 23.0 Å². The second-order valence-electron chi connectivity index (χ2n) is 8.46. The van der Waals surface area contributed by atoms with Crippen molar-refractivity contribution < 1.29 is 27.0 Å². The number of aromatic nitrogens is 1. The third-order valence-electron chi connectivity index (χ3n) is 6.43. The molecule has 5 rings (SSSR count). The highest BCUT2D eigenvalue weighted by atomic mass is 35.5. The van der Waals surface area contributed by atoms with E-state index in [-0.39, 0.29) is 22.8 Å². The summed E-state index contributed by atoms with van der Waals surface area (Å²) in [6, 6.07) is 11.6. The van der Waals surface area contributed by atoms with E-state index in [9.17, 15) is 17.6 Å². The zero-order valence-electron chi connectivity index (χ0n) is 16.9. The van der Waals surface area contributed by atoms with E-state index in [4.69, 9.17) is 21.1 Å². The highest BCUT2D eigenvalue weighted by Crippen LogP contribution is 2.59. The van der Waals surface area contributed by atoms with E-state index in [0.29, 0.717) is 29.4 Å². The van der Waals surface area contributed by atoms with Gasteiger partial charge in [0.2, 0.25) is 0 Å². The van der Waals surface area contributed by atoms with E-state index < -0.39 is 17.7 Å². The minimum absolute atomic E-state index is 0.0377. The van der Waals surface area contributed by atoms with Crippen LogP contribution in [0.3, 0.4) is 0 Å². The minimum Gasteiger partial charge on any atom is -0.494 e. The summed E-state index contributed by atoms with van der Waals surface area (Å²) in [6.45, 7) is 0.605. The molecule has 0 spiro atoms. The van der Waals surface area contributed by atoms with Gasteiger partial charge in [-0.05, 0) is 79.5 Å². The van der Waals surface area contributed by atoms with Crippen molar-refractivity contribution in [1.82, 2.24) is 4.98 Å². The molecule has 1 aromatic heterocycles. The van der Waals surface area contributed by atoms with Crippen LogP contribution in [0.15, 0.2) is 48.5 Å². The first-order chi connectivity index (χ1) is 15.3. The van der Waals surface area contributed by atoms with Crippen molar-refractivity contribution in [3.05, 3.63) is 65.1 Å². The summed E-state index contributed by atoms with van der Waals surface area (Å²) in [7, 11) is 0. The highest BCUT2D eigenvalue weighted by molar-refractivity contribution is 6.30. The molecule has 2 fully saturated rings. The number of ether oxygens (including phenoxy) is 2. The molecule has 0 bridgehead atoms. The summed E-state index contributed by atoms with van der Waals surface area (Å²) in [5.74, 6) is 1.79. The van der Waals surface area contributed by atoms with Crippen molar-refractivity contribution in [2.24, 2.45) is 17.8 Å². The monoisotopic (exact) mass is 465 g/mol. The number of pyridine rings is 1. The Morgan fingerprint density at radius 1 is 1.00 bits per heavy atom. The Labute approximate surface area is 187 Å². The van der Waals surface area contributed by atoms with E-state index >= 15 is 0 Å². The van der Waals surface area contributed by atoms with Gasteiger partial charge in [-0.1, -0.05) is 11.6 Å². The van der Waals surface area contributed by atoms with E-state index in [0.717, 1.165) is 37.1 Å². The standard InChI is InChI=1S/C24H20ClF4NO2/c25-13-1-4-15(5-2-13)31-8-7-17-18-10-16(11-19(17)18)32-22-12-23(24(27,28)29)30-21-6-3-14(26)9-20(21)22/h1-6,9,12,16-19H,7-8,10-11H2. The lowest BCUT2D eigenvalue weighted by Crippen LogP contribution is -2.17. The van der Waals surface area contributed by atoms with Crippen LogP contribution in [0.25, 0.3) is 10.9 Å². The molecule has 2 saturated carbocycles. The van der Waals surface area contributed by atoms with Crippen LogP contribution in [0.2, 0.25) is 5.02 Å². The molecule has 2 aliphatic carbocycles. The minimum atomic E-state index is -4.60. The average molecular weight is 466 g/mol. The van der Waals surface area contributed by atoms with E-state index in [1.165, 1.54) is 12.1 Å². The summed E-state index contributed by atoms with van der Waals surface area (Å²) in [5, 5.41) is 0.915. The lowest BCUT2D eigenvalue weighted by atomic mass is 10.1. The van der Waals surface area contributed by atoms with Gasteiger partial charge in [-0.2, -0.15) is 13.2 Å². The molecule has 0 aliphatic heterocycles. The quantitative estimate of drug-likeness (QED) is 0.370. The number of nitrogens with zero attached hydrogens (tertiary/aromatic N) is 1. The number of rotatable bonds is 6. The molecule has 0 saturated heterocycles. The van der Waals surface area contributed by atoms with Crippen molar-refractivity contribution in [3.63, 3.8) is 0 Å². The van der Waals surface area contributed by atoms with Crippen LogP contribution in [0.1, 0.15) is 25.0 Å². The first kappa shape index (κ1) is 21.3. The molecule has 8 heteroatoms. The Hall–Kier alpha value is -2.54. The number of halogens is 5. The predicted octanol–water partition coefficient (Wildman–Crippen LogP) is 6.92. The van der Waals surface area contributed by atoms with Crippen LogP contribution in [0.5, 0.6) is 11.5 Å². The van der Waals surface area contributed by atoms with Gasteiger partial charge >= 0.3 is 6.18 Å². The largest absolute Gasteiger partial charge is 0.494 e. The third-order valence-corrected chi connectivity index (χ3v) is 6.68. The maximum absolute atomic E-state index is 13.7. The van der Waals surface area contributed by atoms with E-state index in [1.807, 2.05) is 12.1 Å². The van der Waals surface area contributed by atoms with Gasteiger partial charge in [0.25, 0.3) is 0 Å². The molecule has 3 aromatic rings. The molecule has 2 aliphatic rings. The molecule has 0 radical (unpaired) electrons. The number of fused-ring (bicyclic) bond motifs is 2. The molecular weight excluding hydrogens is 446 g/mol. The van der Waals surface area contributed by atoms with Crippen LogP contribution in [0.4, 0.5) is 17.6 Å². The number of alkyl halides is 3. The summed E-state index contributed by atoms with van der Waals surface area (Å²) < 4.78 is 65.2.